The van der Waals surface area contributed by atoms with E-state index in [-0.39, 0.29) is 24.4 Å². The highest BCUT2D eigenvalue weighted by molar-refractivity contribution is 8.12. The lowest BCUT2D eigenvalue weighted by Crippen LogP contribution is -2.61. The number of rotatable bonds is 6. The zero-order valence-electron chi connectivity index (χ0n) is 14.3. The van der Waals surface area contributed by atoms with Crippen LogP contribution in [0.15, 0.2) is 4.99 Å². The first kappa shape index (κ1) is 17.3. The molecule has 1 heterocycles. The summed E-state index contributed by atoms with van der Waals surface area (Å²) in [5.74, 6) is 2.31. The zero-order chi connectivity index (χ0) is 17.5. The minimum atomic E-state index is -0.947. The van der Waals surface area contributed by atoms with Crippen LogP contribution < -0.4 is 16.1 Å². The highest BCUT2D eigenvalue weighted by atomic mass is 32.2. The quantitative estimate of drug-likeness (QED) is 0.415. The molecule has 1 atom stereocenters. The van der Waals surface area contributed by atoms with Gasteiger partial charge in [-0.1, -0.05) is 0 Å². The van der Waals surface area contributed by atoms with Crippen LogP contribution in [0.3, 0.4) is 0 Å². The molecule has 0 aromatic rings. The molecular weight excluding hydrogens is 340 g/mol. The average molecular weight is 366 g/mol. The molecule has 0 spiro atoms. The van der Waals surface area contributed by atoms with Gasteiger partial charge in [0.2, 0.25) is 11.8 Å². The molecule has 0 aromatic heterocycles. The van der Waals surface area contributed by atoms with Gasteiger partial charge in [0, 0.05) is 11.3 Å². The molecule has 7 nitrogen and oxygen atoms in total. The van der Waals surface area contributed by atoms with Crippen LogP contribution in [-0.4, -0.2) is 46.1 Å². The monoisotopic (exact) mass is 366 g/mol. The molecule has 0 aromatic carbocycles. The summed E-state index contributed by atoms with van der Waals surface area (Å²) in [5, 5.41) is 15.2. The van der Waals surface area contributed by atoms with Gasteiger partial charge in [0.25, 0.3) is 0 Å². The van der Waals surface area contributed by atoms with Crippen LogP contribution >= 0.6 is 11.8 Å². The van der Waals surface area contributed by atoms with E-state index >= 15 is 0 Å². The van der Waals surface area contributed by atoms with Crippen LogP contribution in [0.4, 0.5) is 0 Å². The number of nitrogens with zero attached hydrogens (tertiary/aromatic N) is 1. The predicted octanol–water partition coefficient (Wildman–Crippen LogP) is 1.03. The molecule has 1 unspecified atom stereocenters. The van der Waals surface area contributed by atoms with E-state index in [0.717, 1.165) is 17.8 Å². The van der Waals surface area contributed by atoms with Crippen LogP contribution in [0.2, 0.25) is 0 Å². The number of hydrogen-bond acceptors (Lipinski definition) is 6. The minimum absolute atomic E-state index is 0.0594. The first-order valence-electron chi connectivity index (χ1n) is 9.14. The Balaban J connectivity index is 1.34. The van der Waals surface area contributed by atoms with E-state index in [0.29, 0.717) is 5.75 Å². The topological polar surface area (TPSA) is 103 Å². The highest BCUT2D eigenvalue weighted by Crippen LogP contribution is 2.55. The molecule has 4 fully saturated rings. The van der Waals surface area contributed by atoms with Crippen molar-refractivity contribution in [3.63, 3.8) is 0 Å². The molecule has 4 aliphatic carbocycles. The summed E-state index contributed by atoms with van der Waals surface area (Å²) in [5.41, 5.74) is 2.46. The van der Waals surface area contributed by atoms with Gasteiger partial charge in [0.15, 0.2) is 5.66 Å². The van der Waals surface area contributed by atoms with Crippen LogP contribution in [0.5, 0.6) is 0 Å². The van der Waals surface area contributed by atoms with E-state index < -0.39 is 11.6 Å². The molecule has 25 heavy (non-hydrogen) atoms. The molecular formula is C17H26N4O3S. The number of thioether (sulfide) groups is 1. The van der Waals surface area contributed by atoms with Gasteiger partial charge in [-0.05, 0) is 56.3 Å². The first-order chi connectivity index (χ1) is 12.0. The van der Waals surface area contributed by atoms with E-state index in [2.05, 4.69) is 15.6 Å². The molecule has 4 bridgehead atoms. The van der Waals surface area contributed by atoms with Gasteiger partial charge < -0.3 is 10.6 Å². The molecule has 1 aliphatic heterocycles. The van der Waals surface area contributed by atoms with Crippen molar-refractivity contribution in [3.8, 4) is 0 Å². The standard InChI is InChI=1S/C17H26N4O3S/c22-14(21-24)7-17(9-25-10-19-17)20-15(23)8-18-16-4-11-1-12(5-16)3-13(2-11)6-16/h10-13,18,24H,1-9H2,(H,20,23)(H,21,22). The largest absolute Gasteiger partial charge is 0.330 e. The van der Waals surface area contributed by atoms with Crippen molar-refractivity contribution in [1.29, 1.82) is 0 Å². The van der Waals surface area contributed by atoms with Crippen molar-refractivity contribution in [1.82, 2.24) is 16.1 Å². The highest BCUT2D eigenvalue weighted by Gasteiger charge is 2.50. The maximum absolute atomic E-state index is 12.5. The summed E-state index contributed by atoms with van der Waals surface area (Å²) in [7, 11) is 0. The number of hydroxylamine groups is 1. The first-order valence-corrected chi connectivity index (χ1v) is 10.2. The van der Waals surface area contributed by atoms with E-state index in [1.165, 1.54) is 50.3 Å². The third kappa shape index (κ3) is 3.57. The molecule has 4 N–H and O–H groups in total. The van der Waals surface area contributed by atoms with Gasteiger partial charge in [-0.25, -0.2) is 5.48 Å². The lowest BCUT2D eigenvalue weighted by molar-refractivity contribution is -0.131. The van der Waals surface area contributed by atoms with Crippen LogP contribution in [0.25, 0.3) is 0 Å². The fraction of sp³-hybridized carbons (Fsp3) is 0.824. The van der Waals surface area contributed by atoms with Crippen molar-refractivity contribution in [2.45, 2.75) is 56.1 Å². The molecule has 5 aliphatic rings. The molecule has 0 radical (unpaired) electrons. The molecule has 0 saturated heterocycles. The minimum Gasteiger partial charge on any atom is -0.330 e. The predicted molar refractivity (Wildman–Crippen MR) is 95.3 cm³/mol. The van der Waals surface area contributed by atoms with Gasteiger partial charge in [-0.2, -0.15) is 0 Å². The molecule has 4 saturated carbocycles. The smallest absolute Gasteiger partial charge is 0.247 e. The van der Waals surface area contributed by atoms with Crippen LogP contribution in [0.1, 0.15) is 44.9 Å². The third-order valence-electron chi connectivity index (χ3n) is 6.31. The fourth-order valence-corrected chi connectivity index (χ4v) is 6.64. The lowest BCUT2D eigenvalue weighted by Gasteiger charge is -2.57. The van der Waals surface area contributed by atoms with Crippen molar-refractivity contribution >= 4 is 29.1 Å². The summed E-state index contributed by atoms with van der Waals surface area (Å²) in [6, 6.07) is 0. The van der Waals surface area contributed by atoms with Crippen molar-refractivity contribution in [3.05, 3.63) is 0 Å². The Morgan fingerprint density at radius 3 is 2.28 bits per heavy atom. The molecule has 138 valence electrons. The van der Waals surface area contributed by atoms with Crippen molar-refractivity contribution in [2.24, 2.45) is 22.7 Å². The van der Waals surface area contributed by atoms with E-state index in [9.17, 15) is 9.59 Å². The summed E-state index contributed by atoms with van der Waals surface area (Å²) in [4.78, 5) is 28.3. The maximum Gasteiger partial charge on any atom is 0.247 e. The maximum atomic E-state index is 12.5. The Bertz CT molecular complexity index is 561. The Hall–Kier alpha value is -1.12. The van der Waals surface area contributed by atoms with Crippen molar-refractivity contribution in [2.75, 3.05) is 12.3 Å². The third-order valence-corrected chi connectivity index (χ3v) is 7.21. The summed E-state index contributed by atoms with van der Waals surface area (Å²) in [6.45, 7) is 0.259. The molecule has 5 rings (SSSR count). The SMILES string of the molecule is O=C(CC1(NC(=O)CNC23CC4CC(CC(C4)C2)C3)CSC=N1)NO. The second kappa shape index (κ2) is 6.55. The number of nitrogens with one attached hydrogen (secondary N) is 3. The molecule has 8 heteroatoms. The Kier molecular flexibility index (Phi) is 4.54. The van der Waals surface area contributed by atoms with Crippen LogP contribution in [-0.2, 0) is 9.59 Å². The van der Waals surface area contributed by atoms with Crippen molar-refractivity contribution < 1.29 is 14.8 Å². The Morgan fingerprint density at radius 2 is 1.76 bits per heavy atom. The Morgan fingerprint density at radius 1 is 1.12 bits per heavy atom. The molecule has 2 amide bonds. The van der Waals surface area contributed by atoms with Gasteiger partial charge in [0.05, 0.1) is 18.5 Å². The number of carbonyl (C=O) groups excluding carboxylic acids is 2. The summed E-state index contributed by atoms with van der Waals surface area (Å²) < 4.78 is 0. The van der Waals surface area contributed by atoms with E-state index in [1.54, 1.807) is 11.0 Å². The summed E-state index contributed by atoms with van der Waals surface area (Å²) in [6.07, 6.45) is 7.64. The van der Waals surface area contributed by atoms with Gasteiger partial charge in [-0.15, -0.1) is 11.8 Å². The van der Waals surface area contributed by atoms with Gasteiger partial charge >= 0.3 is 0 Å². The van der Waals surface area contributed by atoms with Gasteiger partial charge in [-0.3, -0.25) is 19.8 Å². The van der Waals surface area contributed by atoms with Crippen LogP contribution in [0, 0.1) is 17.8 Å². The van der Waals surface area contributed by atoms with E-state index in [4.69, 9.17) is 5.21 Å². The second-order valence-corrected chi connectivity index (χ2v) is 9.22. The average Bonchev–Trinajstić information content (AvgIpc) is 2.99. The fourth-order valence-electron chi connectivity index (χ4n) is 5.76. The number of amides is 2. The normalized spacial score (nSPS) is 41.1. The number of carbonyl (C=O) groups is 2. The van der Waals surface area contributed by atoms with E-state index in [1.807, 2.05) is 0 Å². The number of aliphatic imine (C=N–C) groups is 1. The zero-order valence-corrected chi connectivity index (χ0v) is 15.1. The second-order valence-electron chi connectivity index (χ2n) is 8.39. The number of hydrogen-bond donors (Lipinski definition) is 4. The lowest BCUT2D eigenvalue weighted by atomic mass is 9.53. The van der Waals surface area contributed by atoms with Gasteiger partial charge in [0.1, 0.15) is 0 Å². The Labute approximate surface area is 151 Å². The summed E-state index contributed by atoms with van der Waals surface area (Å²) >= 11 is 1.45.